The van der Waals surface area contributed by atoms with E-state index in [4.69, 9.17) is 0 Å². The number of rotatable bonds is 0. The van der Waals surface area contributed by atoms with Crippen LogP contribution in [-0.2, 0) is 34.1 Å². The molecule has 0 aliphatic rings. The van der Waals surface area contributed by atoms with Crippen LogP contribution in [0, 0.1) is 0 Å². The number of hydrogen-bond donors (Lipinski definition) is 0. The van der Waals surface area contributed by atoms with Gasteiger partial charge in [-0.25, -0.2) is 0 Å². The Morgan fingerprint density at radius 3 is 1.00 bits per heavy atom. The van der Waals surface area contributed by atoms with Gasteiger partial charge in [-0.05, 0) is 0 Å². The standard InChI is InChI=1S/Cu.Fe.Mg.H3P.2H/h;;;1H3;;. The monoisotopic (exact) mass is 179 g/mol. The van der Waals surface area contributed by atoms with Gasteiger partial charge in [0.25, 0.3) is 0 Å². The van der Waals surface area contributed by atoms with Gasteiger partial charge in [0, 0.05) is 34.1 Å². The second-order valence-electron chi connectivity index (χ2n) is 0. The maximum atomic E-state index is 0. The van der Waals surface area contributed by atoms with E-state index >= 15 is 0 Å². The molecule has 0 saturated carbocycles. The fourth-order valence-electron chi connectivity index (χ4n) is 0. The fraction of sp³-hybridized carbons (Fsp3) is 0. The van der Waals surface area contributed by atoms with E-state index < -0.39 is 0 Å². The van der Waals surface area contributed by atoms with Crippen LogP contribution in [0.25, 0.3) is 0 Å². The minimum Gasteiger partial charge on any atom is -0.153 e. The summed E-state index contributed by atoms with van der Waals surface area (Å²) >= 11 is 0. The summed E-state index contributed by atoms with van der Waals surface area (Å²) in [6.07, 6.45) is 0. The van der Waals surface area contributed by atoms with Crippen LogP contribution in [0.1, 0.15) is 0 Å². The van der Waals surface area contributed by atoms with E-state index in [0.29, 0.717) is 0 Å². The SMILES string of the molecule is P.[Cu].[Fe].[MgH2]. The molecule has 0 heterocycles. The minimum atomic E-state index is 0. The van der Waals surface area contributed by atoms with Crippen molar-refractivity contribution in [1.29, 1.82) is 0 Å². The van der Waals surface area contributed by atoms with Crippen molar-refractivity contribution < 1.29 is 34.1 Å². The average molecular weight is 180 g/mol. The van der Waals surface area contributed by atoms with Gasteiger partial charge in [-0.2, -0.15) is 9.90 Å². The van der Waals surface area contributed by atoms with Crippen molar-refractivity contribution in [2.45, 2.75) is 0 Å². The Balaban J connectivity index is 0. The third kappa shape index (κ3) is 8.87. The quantitative estimate of drug-likeness (QED) is 0.335. The largest absolute Gasteiger partial charge is 0.316 e. The van der Waals surface area contributed by atoms with Crippen molar-refractivity contribution in [3.8, 4) is 0 Å². The van der Waals surface area contributed by atoms with Crippen molar-refractivity contribution in [2.24, 2.45) is 0 Å². The van der Waals surface area contributed by atoms with Crippen LogP contribution < -0.4 is 0 Å². The van der Waals surface area contributed by atoms with Gasteiger partial charge in [-0.3, -0.25) is 0 Å². The molecule has 0 fully saturated rings. The Labute approximate surface area is 66.6 Å². The van der Waals surface area contributed by atoms with Gasteiger partial charge in [-0.15, -0.1) is 0 Å². The van der Waals surface area contributed by atoms with Crippen LogP contribution in [0.15, 0.2) is 0 Å². The van der Waals surface area contributed by atoms with Gasteiger partial charge in [0.05, 0.1) is 0 Å². The first-order valence-electron chi connectivity index (χ1n) is 0. The molecule has 0 saturated heterocycles. The minimum absolute atomic E-state index is 0. The summed E-state index contributed by atoms with van der Waals surface area (Å²) in [5, 5.41) is 0. The predicted molar refractivity (Wildman–Crippen MR) is 19.6 cm³/mol. The summed E-state index contributed by atoms with van der Waals surface area (Å²) in [6, 6.07) is 0. The molecular formula is H5CuFeMgP. The molecule has 0 aromatic heterocycles. The van der Waals surface area contributed by atoms with Gasteiger partial charge in [0.1, 0.15) is 0 Å². The van der Waals surface area contributed by atoms with Crippen LogP contribution in [0.3, 0.4) is 0 Å². The van der Waals surface area contributed by atoms with Crippen molar-refractivity contribution in [3.63, 3.8) is 0 Å². The summed E-state index contributed by atoms with van der Waals surface area (Å²) in [7, 11) is 0. The van der Waals surface area contributed by atoms with Crippen molar-refractivity contribution >= 4 is 33.0 Å². The molecule has 1 atom stereocenters. The second kappa shape index (κ2) is 18.8. The van der Waals surface area contributed by atoms with Gasteiger partial charge >= 0.3 is 23.1 Å². The third-order valence-corrected chi connectivity index (χ3v) is 0. The van der Waals surface area contributed by atoms with Gasteiger partial charge in [0.15, 0.2) is 0 Å². The zero-order valence-corrected chi connectivity index (χ0v) is 4.82. The van der Waals surface area contributed by atoms with Gasteiger partial charge in [-0.1, -0.05) is 0 Å². The summed E-state index contributed by atoms with van der Waals surface area (Å²) < 4.78 is 0. The molecule has 0 rings (SSSR count). The van der Waals surface area contributed by atoms with Crippen LogP contribution in [0.2, 0.25) is 0 Å². The molecule has 0 aliphatic heterocycles. The third-order valence-electron chi connectivity index (χ3n) is 0. The van der Waals surface area contributed by atoms with E-state index in [-0.39, 0.29) is 67.1 Å². The molecule has 0 aromatic rings. The van der Waals surface area contributed by atoms with Crippen LogP contribution in [0.5, 0.6) is 0 Å². The molecule has 4 heteroatoms. The smallest absolute Gasteiger partial charge is 0.153 e. The summed E-state index contributed by atoms with van der Waals surface area (Å²) in [4.78, 5) is 0. The van der Waals surface area contributed by atoms with Crippen LogP contribution in [0.4, 0.5) is 0 Å². The zero-order valence-electron chi connectivity index (χ0n) is 1.36. The Morgan fingerprint density at radius 2 is 1.00 bits per heavy atom. The van der Waals surface area contributed by atoms with E-state index in [0.717, 1.165) is 0 Å². The summed E-state index contributed by atoms with van der Waals surface area (Å²) in [6.45, 7) is 0. The molecule has 1 unspecified atom stereocenters. The number of hydrogen-bond acceptors (Lipinski definition) is 0. The van der Waals surface area contributed by atoms with Crippen LogP contribution >= 0.6 is 9.90 Å². The molecule has 0 bridgehead atoms. The maximum Gasteiger partial charge on any atom is 0.316 e. The summed E-state index contributed by atoms with van der Waals surface area (Å²) in [5.41, 5.74) is 0. The Morgan fingerprint density at radius 1 is 1.00 bits per heavy atom. The van der Waals surface area contributed by atoms with E-state index in [9.17, 15) is 0 Å². The molecule has 1 radical (unpaired) electrons. The Kier molecular flexibility index (Phi) is 161. The van der Waals surface area contributed by atoms with Crippen LogP contribution in [-0.4, -0.2) is 23.1 Å². The van der Waals surface area contributed by atoms with Crippen molar-refractivity contribution in [2.75, 3.05) is 0 Å². The predicted octanol–water partition coefficient (Wildman–Crippen LogP) is -0.863. The van der Waals surface area contributed by atoms with Gasteiger partial charge in [0.2, 0.25) is 0 Å². The van der Waals surface area contributed by atoms with Crippen molar-refractivity contribution in [1.82, 2.24) is 0 Å². The van der Waals surface area contributed by atoms with E-state index in [1.54, 1.807) is 0 Å². The van der Waals surface area contributed by atoms with Crippen molar-refractivity contribution in [3.05, 3.63) is 0 Å². The van der Waals surface area contributed by atoms with Gasteiger partial charge < -0.3 is 0 Å². The summed E-state index contributed by atoms with van der Waals surface area (Å²) in [5.74, 6) is 0. The first kappa shape index (κ1) is 34.2. The fourth-order valence-corrected chi connectivity index (χ4v) is 0. The maximum absolute atomic E-state index is 0. The van der Waals surface area contributed by atoms with E-state index in [1.165, 1.54) is 0 Å². The normalized spacial score (nSPS) is 0. The molecule has 0 N–H and O–H groups in total. The Bertz CT molecular complexity index is 8.00. The molecule has 0 aromatic carbocycles. The molecular weight excluding hydrogens is 175 g/mol. The molecule has 0 spiro atoms. The molecule has 31 valence electrons. The van der Waals surface area contributed by atoms with E-state index in [1.807, 2.05) is 0 Å². The molecule has 0 amide bonds. The topological polar surface area (TPSA) is 0 Å². The second-order valence-corrected chi connectivity index (χ2v) is 0. The Hall–Kier alpha value is 2.24. The first-order chi connectivity index (χ1) is 0. The molecule has 4 heavy (non-hydrogen) atoms. The van der Waals surface area contributed by atoms with E-state index in [2.05, 4.69) is 0 Å². The molecule has 0 aliphatic carbocycles. The zero-order chi connectivity index (χ0) is 0. The first-order valence-corrected chi connectivity index (χ1v) is 0. The average Bonchev–Trinajstić information content (AvgIpc) is 0. The molecule has 0 nitrogen and oxygen atoms in total.